The van der Waals surface area contributed by atoms with Crippen molar-refractivity contribution in [2.75, 3.05) is 0 Å². The Morgan fingerprint density at radius 1 is 1.20 bits per heavy atom. The first-order valence-corrected chi connectivity index (χ1v) is 12.1. The fraction of sp³-hybridized carbons (Fsp3) is 0.778. The van der Waals surface area contributed by atoms with Crippen LogP contribution in [0, 0.1) is 23.2 Å². The van der Waals surface area contributed by atoms with E-state index in [1.807, 2.05) is 13.8 Å². The molecule has 0 aliphatic heterocycles. The third-order valence-electron chi connectivity index (χ3n) is 8.36. The van der Waals surface area contributed by atoms with Crippen molar-refractivity contribution >= 4 is 0 Å². The lowest BCUT2D eigenvalue weighted by molar-refractivity contribution is 0.0596. The first kappa shape index (κ1) is 25.4. The lowest BCUT2D eigenvalue weighted by atomic mass is 9.60. The molecule has 0 aromatic rings. The second-order valence-electron chi connectivity index (χ2n) is 11.2. The van der Waals surface area contributed by atoms with E-state index in [0.29, 0.717) is 5.41 Å². The molecule has 3 saturated carbocycles. The zero-order valence-corrected chi connectivity index (χ0v) is 19.8. The lowest BCUT2D eigenvalue weighted by Gasteiger charge is -2.44. The topological polar surface area (TPSA) is 72.0 Å². The maximum Gasteiger partial charge on any atom is 0.0591 e. The fourth-order valence-electron chi connectivity index (χ4n) is 6.67. The molecular formula is C27H46O3. The van der Waals surface area contributed by atoms with Crippen LogP contribution in [0.2, 0.25) is 0 Å². The molecule has 3 rings (SSSR count). The van der Waals surface area contributed by atoms with Crippen molar-refractivity contribution in [2.24, 2.45) is 23.2 Å². The second-order valence-corrected chi connectivity index (χ2v) is 11.2. The average Bonchev–Trinajstić information content (AvgIpc) is 2.99. The summed E-state index contributed by atoms with van der Waals surface area (Å²) in [6.45, 7) is 13.1. The highest BCUT2D eigenvalue weighted by Crippen LogP contribution is 2.60. The molecule has 3 fully saturated rings. The van der Waals surface area contributed by atoms with Gasteiger partial charge in [0, 0.05) is 0 Å². The van der Waals surface area contributed by atoms with E-state index in [9.17, 15) is 10.2 Å². The Kier molecular flexibility index (Phi) is 8.58. The number of aliphatic hydroxyl groups is 2. The van der Waals surface area contributed by atoms with Gasteiger partial charge in [-0.1, -0.05) is 56.6 Å². The first-order valence-electron chi connectivity index (χ1n) is 12.1. The van der Waals surface area contributed by atoms with Gasteiger partial charge in [0.1, 0.15) is 0 Å². The summed E-state index contributed by atoms with van der Waals surface area (Å²) in [4.78, 5) is 0. The van der Waals surface area contributed by atoms with E-state index in [4.69, 9.17) is 0 Å². The van der Waals surface area contributed by atoms with Crippen LogP contribution in [0.15, 0.2) is 35.5 Å². The minimum atomic E-state index is -0.535. The monoisotopic (exact) mass is 418 g/mol. The van der Waals surface area contributed by atoms with E-state index in [-0.39, 0.29) is 11.6 Å². The number of allylic oxidation sites excluding steroid dienone is 4. The van der Waals surface area contributed by atoms with Crippen molar-refractivity contribution in [3.63, 3.8) is 0 Å². The normalized spacial score (nSPS) is 35.9. The Hall–Kier alpha value is -0.900. The van der Waals surface area contributed by atoms with Crippen LogP contribution in [0.25, 0.3) is 0 Å². The van der Waals surface area contributed by atoms with E-state index in [0.717, 1.165) is 49.9 Å². The molecule has 3 aliphatic carbocycles. The lowest BCUT2D eigenvalue weighted by Crippen LogP contribution is -2.36. The molecule has 4 N–H and O–H groups in total. The Morgan fingerprint density at radius 2 is 1.93 bits per heavy atom. The summed E-state index contributed by atoms with van der Waals surface area (Å²) >= 11 is 0. The van der Waals surface area contributed by atoms with E-state index < -0.39 is 5.60 Å². The SMILES string of the molecule is C=C1CC[C@H](O)C/C1=C/C=C1\CCC[C@]2(C)C([C@H](C)CCCC(C)(C)O)CC[C@@H]12.O. The van der Waals surface area contributed by atoms with Crippen molar-refractivity contribution in [2.45, 2.75) is 110 Å². The molecular weight excluding hydrogens is 372 g/mol. The van der Waals surface area contributed by atoms with Gasteiger partial charge >= 0.3 is 0 Å². The molecule has 0 saturated heterocycles. The smallest absolute Gasteiger partial charge is 0.0591 e. The van der Waals surface area contributed by atoms with Gasteiger partial charge in [-0.3, -0.25) is 0 Å². The molecule has 0 bridgehead atoms. The van der Waals surface area contributed by atoms with Crippen molar-refractivity contribution < 1.29 is 15.7 Å². The van der Waals surface area contributed by atoms with Gasteiger partial charge in [0.15, 0.2) is 0 Å². The minimum absolute atomic E-state index is 0. The van der Waals surface area contributed by atoms with Crippen LogP contribution in [-0.2, 0) is 0 Å². The highest BCUT2D eigenvalue weighted by atomic mass is 16.3. The molecule has 3 nitrogen and oxygen atoms in total. The molecule has 172 valence electrons. The highest BCUT2D eigenvalue weighted by molar-refractivity contribution is 5.36. The zero-order chi connectivity index (χ0) is 21.2. The van der Waals surface area contributed by atoms with Gasteiger partial charge < -0.3 is 15.7 Å². The molecule has 3 aliphatic rings. The van der Waals surface area contributed by atoms with Gasteiger partial charge in [0.05, 0.1) is 11.7 Å². The maximum absolute atomic E-state index is 10.0. The van der Waals surface area contributed by atoms with Crippen LogP contribution in [0.5, 0.6) is 0 Å². The van der Waals surface area contributed by atoms with Crippen LogP contribution in [0.3, 0.4) is 0 Å². The Morgan fingerprint density at radius 3 is 2.63 bits per heavy atom. The standard InChI is InChI=1S/C27H44O2.H2O/c1-19-10-13-23(28)18-22(19)12-11-21-9-7-17-27(5)24(14-15-25(21)27)20(2)8-6-16-26(3,4)29;/h11-12,20,23-25,28-29H,1,6-10,13-18H2,2-5H3;1H2/b21-11+,22-12-;/t20-,23+,24?,25+,27-;/m1./s1. The predicted molar refractivity (Wildman–Crippen MR) is 126 cm³/mol. The van der Waals surface area contributed by atoms with Crippen LogP contribution < -0.4 is 0 Å². The molecule has 0 aromatic heterocycles. The minimum Gasteiger partial charge on any atom is -0.412 e. The zero-order valence-electron chi connectivity index (χ0n) is 19.8. The summed E-state index contributed by atoms with van der Waals surface area (Å²) in [5, 5.41) is 20.1. The molecule has 1 unspecified atom stereocenters. The molecule has 0 amide bonds. The Labute approximate surface area is 184 Å². The molecule has 5 atom stereocenters. The highest BCUT2D eigenvalue weighted by Gasteiger charge is 2.50. The van der Waals surface area contributed by atoms with Crippen molar-refractivity contribution in [1.29, 1.82) is 0 Å². The molecule has 30 heavy (non-hydrogen) atoms. The van der Waals surface area contributed by atoms with Crippen molar-refractivity contribution in [1.82, 2.24) is 0 Å². The second kappa shape index (κ2) is 10.1. The van der Waals surface area contributed by atoms with Gasteiger partial charge in [-0.2, -0.15) is 0 Å². The quantitative estimate of drug-likeness (QED) is 0.563. The number of aliphatic hydroxyl groups excluding tert-OH is 1. The third kappa shape index (κ3) is 5.87. The van der Waals surface area contributed by atoms with Gasteiger partial charge in [-0.15, -0.1) is 0 Å². The summed E-state index contributed by atoms with van der Waals surface area (Å²) in [7, 11) is 0. The van der Waals surface area contributed by atoms with Gasteiger partial charge in [0.25, 0.3) is 0 Å². The van der Waals surface area contributed by atoms with E-state index in [2.05, 4.69) is 32.6 Å². The van der Waals surface area contributed by atoms with Crippen LogP contribution in [0.1, 0.15) is 98.3 Å². The van der Waals surface area contributed by atoms with Crippen LogP contribution in [0.4, 0.5) is 0 Å². The first-order chi connectivity index (χ1) is 13.6. The molecule has 3 heteroatoms. The summed E-state index contributed by atoms with van der Waals surface area (Å²) in [6.07, 6.45) is 16.9. The number of rotatable bonds is 6. The number of hydrogen-bond acceptors (Lipinski definition) is 2. The van der Waals surface area contributed by atoms with Crippen LogP contribution >= 0.6 is 0 Å². The average molecular weight is 419 g/mol. The summed E-state index contributed by atoms with van der Waals surface area (Å²) < 4.78 is 0. The van der Waals surface area contributed by atoms with Gasteiger partial charge in [0.2, 0.25) is 0 Å². The summed E-state index contributed by atoms with van der Waals surface area (Å²) in [5.74, 6) is 2.26. The van der Waals surface area contributed by atoms with Gasteiger partial charge in [-0.05, 0) is 100 Å². The third-order valence-corrected chi connectivity index (χ3v) is 8.36. The Balaban J connectivity index is 0.00000320. The predicted octanol–water partition coefficient (Wildman–Crippen LogP) is 5.91. The van der Waals surface area contributed by atoms with Gasteiger partial charge in [-0.25, -0.2) is 0 Å². The molecule has 0 radical (unpaired) electrons. The van der Waals surface area contributed by atoms with Crippen molar-refractivity contribution in [3.8, 4) is 0 Å². The van der Waals surface area contributed by atoms with E-state index >= 15 is 0 Å². The van der Waals surface area contributed by atoms with Crippen molar-refractivity contribution in [3.05, 3.63) is 35.5 Å². The molecule has 0 heterocycles. The molecule has 0 aromatic carbocycles. The van der Waals surface area contributed by atoms with E-state index in [1.54, 1.807) is 5.57 Å². The maximum atomic E-state index is 10.0. The van der Waals surface area contributed by atoms with Crippen LogP contribution in [-0.4, -0.2) is 27.4 Å². The number of hydrogen-bond donors (Lipinski definition) is 2. The number of fused-ring (bicyclic) bond motifs is 1. The largest absolute Gasteiger partial charge is 0.412 e. The summed E-state index contributed by atoms with van der Waals surface area (Å²) in [5.41, 5.74) is 4.02. The fourth-order valence-corrected chi connectivity index (χ4v) is 6.67. The Bertz CT molecular complexity index is 654. The summed E-state index contributed by atoms with van der Waals surface area (Å²) in [6, 6.07) is 0. The van der Waals surface area contributed by atoms with E-state index in [1.165, 1.54) is 49.7 Å². The molecule has 0 spiro atoms.